The minimum atomic E-state index is -0.193. The van der Waals surface area contributed by atoms with Gasteiger partial charge in [-0.1, -0.05) is 5.10 Å². The lowest BCUT2D eigenvalue weighted by atomic mass is 10.1. The predicted molar refractivity (Wildman–Crippen MR) is 50.6 cm³/mol. The molecule has 0 atom stereocenters. The van der Waals surface area contributed by atoms with Gasteiger partial charge in [0.05, 0.1) is 6.54 Å². The molecule has 7 nitrogen and oxygen atoms in total. The normalized spacial score (nSPS) is 11.4. The van der Waals surface area contributed by atoms with E-state index in [2.05, 4.69) is 31.3 Å². The second-order valence-corrected chi connectivity index (χ2v) is 3.89. The number of H-pyrrole nitrogens is 1. The van der Waals surface area contributed by atoms with Gasteiger partial charge in [-0.2, -0.15) is 5.21 Å². The smallest absolute Gasteiger partial charge is 0.269 e. The van der Waals surface area contributed by atoms with Gasteiger partial charge in [0.15, 0.2) is 0 Å². The standard InChI is InChI=1S/C7H14N6O/c1-7(2,3)8-4-5(14)9-6-10-12-13-11-6/h8H,4H2,1-3H3,(H2,9,10,11,12,13,14). The molecule has 78 valence electrons. The summed E-state index contributed by atoms with van der Waals surface area (Å²) in [5.74, 6) is -0.00738. The van der Waals surface area contributed by atoms with Crippen LogP contribution < -0.4 is 10.6 Å². The molecule has 1 aromatic heterocycles. The molecule has 14 heavy (non-hydrogen) atoms. The van der Waals surface area contributed by atoms with Crippen LogP contribution >= 0.6 is 0 Å². The molecule has 0 spiro atoms. The number of carbonyl (C=O) groups is 1. The molecule has 1 aromatic rings. The minimum Gasteiger partial charge on any atom is -0.304 e. The average Bonchev–Trinajstić information content (AvgIpc) is 2.52. The van der Waals surface area contributed by atoms with Gasteiger partial charge >= 0.3 is 0 Å². The van der Waals surface area contributed by atoms with Crippen molar-refractivity contribution in [2.75, 3.05) is 11.9 Å². The third-order valence-corrected chi connectivity index (χ3v) is 1.38. The Hall–Kier alpha value is -1.50. The molecule has 0 aliphatic carbocycles. The van der Waals surface area contributed by atoms with Gasteiger partial charge in [-0.05, 0) is 26.0 Å². The number of nitrogens with zero attached hydrogens (tertiary/aromatic N) is 3. The van der Waals surface area contributed by atoms with Gasteiger partial charge in [-0.15, -0.1) is 5.10 Å². The number of tetrazole rings is 1. The SMILES string of the molecule is CC(C)(C)NCC(=O)Nc1nn[nH]n1. The number of carbonyl (C=O) groups excluding carboxylic acids is 1. The fourth-order valence-corrected chi connectivity index (χ4v) is 0.729. The molecule has 0 radical (unpaired) electrons. The maximum absolute atomic E-state index is 11.3. The molecule has 1 rings (SSSR count). The van der Waals surface area contributed by atoms with Crippen molar-refractivity contribution in [1.82, 2.24) is 25.9 Å². The predicted octanol–water partition coefficient (Wildman–Crippen LogP) is -0.474. The van der Waals surface area contributed by atoms with E-state index in [9.17, 15) is 4.79 Å². The zero-order valence-corrected chi connectivity index (χ0v) is 8.46. The Morgan fingerprint density at radius 2 is 2.21 bits per heavy atom. The van der Waals surface area contributed by atoms with Crippen molar-refractivity contribution >= 4 is 11.9 Å². The summed E-state index contributed by atoms with van der Waals surface area (Å²) in [7, 11) is 0. The second-order valence-electron chi connectivity index (χ2n) is 3.89. The summed E-state index contributed by atoms with van der Waals surface area (Å²) in [4.78, 5) is 11.3. The number of hydrogen-bond acceptors (Lipinski definition) is 5. The van der Waals surface area contributed by atoms with Gasteiger partial charge in [0.1, 0.15) is 0 Å². The molecule has 0 saturated carbocycles. The highest BCUT2D eigenvalue weighted by molar-refractivity contribution is 5.90. The van der Waals surface area contributed by atoms with Crippen LogP contribution in [0.5, 0.6) is 0 Å². The molecule has 0 unspecified atom stereocenters. The lowest BCUT2D eigenvalue weighted by Gasteiger charge is -2.19. The lowest BCUT2D eigenvalue weighted by molar-refractivity contribution is -0.115. The quantitative estimate of drug-likeness (QED) is 0.610. The van der Waals surface area contributed by atoms with Crippen LogP contribution in [0.25, 0.3) is 0 Å². The van der Waals surface area contributed by atoms with E-state index in [1.165, 1.54) is 0 Å². The highest BCUT2D eigenvalue weighted by atomic mass is 16.2. The molecule has 0 aromatic carbocycles. The topological polar surface area (TPSA) is 95.6 Å². The maximum Gasteiger partial charge on any atom is 0.269 e. The van der Waals surface area contributed by atoms with Gasteiger partial charge in [0.25, 0.3) is 5.95 Å². The number of amides is 1. The monoisotopic (exact) mass is 198 g/mol. The molecule has 1 heterocycles. The summed E-state index contributed by atoms with van der Waals surface area (Å²) >= 11 is 0. The Labute approximate surface area is 81.7 Å². The van der Waals surface area contributed by atoms with Crippen LogP contribution in [0.2, 0.25) is 0 Å². The number of rotatable bonds is 3. The first kappa shape index (κ1) is 10.6. The third kappa shape index (κ3) is 3.94. The Morgan fingerprint density at radius 3 is 2.71 bits per heavy atom. The van der Waals surface area contributed by atoms with Crippen LogP contribution in [0.4, 0.5) is 5.95 Å². The third-order valence-electron chi connectivity index (χ3n) is 1.38. The van der Waals surface area contributed by atoms with Crippen molar-refractivity contribution < 1.29 is 4.79 Å². The van der Waals surface area contributed by atoms with E-state index in [1.807, 2.05) is 20.8 Å². The summed E-state index contributed by atoms with van der Waals surface area (Å²) in [6.45, 7) is 6.16. The molecule has 0 saturated heterocycles. The van der Waals surface area contributed by atoms with Crippen molar-refractivity contribution in [2.45, 2.75) is 26.3 Å². The maximum atomic E-state index is 11.3. The first-order valence-electron chi connectivity index (χ1n) is 4.26. The average molecular weight is 198 g/mol. The van der Waals surface area contributed by atoms with Gasteiger partial charge in [-0.3, -0.25) is 10.1 Å². The lowest BCUT2D eigenvalue weighted by Crippen LogP contribution is -2.41. The van der Waals surface area contributed by atoms with E-state index in [4.69, 9.17) is 0 Å². The zero-order valence-electron chi connectivity index (χ0n) is 8.46. The fourth-order valence-electron chi connectivity index (χ4n) is 0.729. The molecule has 0 bridgehead atoms. The molecule has 0 aliphatic heterocycles. The van der Waals surface area contributed by atoms with E-state index in [0.29, 0.717) is 0 Å². The van der Waals surface area contributed by atoms with E-state index >= 15 is 0 Å². The number of hydrogen-bond donors (Lipinski definition) is 3. The first-order chi connectivity index (χ1) is 6.47. The summed E-state index contributed by atoms with van der Waals surface area (Å²) in [5, 5.41) is 18.3. The summed E-state index contributed by atoms with van der Waals surface area (Å²) in [5.41, 5.74) is -0.0887. The Balaban J connectivity index is 2.30. The van der Waals surface area contributed by atoms with Crippen molar-refractivity contribution in [3.63, 3.8) is 0 Å². The summed E-state index contributed by atoms with van der Waals surface area (Å²) in [6.07, 6.45) is 0. The Kier molecular flexibility index (Phi) is 3.13. The number of aromatic nitrogens is 4. The van der Waals surface area contributed by atoms with Crippen molar-refractivity contribution in [3.05, 3.63) is 0 Å². The summed E-state index contributed by atoms with van der Waals surface area (Å²) in [6, 6.07) is 0. The Bertz CT molecular complexity index is 288. The number of anilines is 1. The molecule has 1 amide bonds. The van der Waals surface area contributed by atoms with E-state index < -0.39 is 0 Å². The van der Waals surface area contributed by atoms with Crippen LogP contribution in [-0.4, -0.2) is 38.6 Å². The van der Waals surface area contributed by atoms with E-state index in [1.54, 1.807) is 0 Å². The molecule has 0 fully saturated rings. The molecule has 0 aliphatic rings. The van der Waals surface area contributed by atoms with Crippen LogP contribution in [0, 0.1) is 0 Å². The highest BCUT2D eigenvalue weighted by Crippen LogP contribution is 1.97. The van der Waals surface area contributed by atoms with E-state index in [0.717, 1.165) is 0 Å². The van der Waals surface area contributed by atoms with Gasteiger partial charge in [0.2, 0.25) is 5.91 Å². The largest absolute Gasteiger partial charge is 0.304 e. The van der Waals surface area contributed by atoms with Crippen LogP contribution in [0.15, 0.2) is 0 Å². The van der Waals surface area contributed by atoms with E-state index in [-0.39, 0.29) is 23.9 Å². The summed E-state index contributed by atoms with van der Waals surface area (Å²) < 4.78 is 0. The van der Waals surface area contributed by atoms with Crippen molar-refractivity contribution in [3.8, 4) is 0 Å². The Morgan fingerprint density at radius 1 is 1.50 bits per heavy atom. The van der Waals surface area contributed by atoms with Gasteiger partial charge in [-0.25, -0.2) is 0 Å². The minimum absolute atomic E-state index is 0.0887. The first-order valence-corrected chi connectivity index (χ1v) is 4.26. The van der Waals surface area contributed by atoms with Gasteiger partial charge < -0.3 is 5.32 Å². The fraction of sp³-hybridized carbons (Fsp3) is 0.714. The molecular formula is C7H14N6O. The van der Waals surface area contributed by atoms with Crippen molar-refractivity contribution in [2.24, 2.45) is 0 Å². The zero-order chi connectivity index (χ0) is 10.6. The molecule has 3 N–H and O–H groups in total. The number of aromatic amines is 1. The van der Waals surface area contributed by atoms with Gasteiger partial charge in [0, 0.05) is 5.54 Å². The van der Waals surface area contributed by atoms with Crippen LogP contribution in [0.3, 0.4) is 0 Å². The molecule has 7 heteroatoms. The highest BCUT2D eigenvalue weighted by Gasteiger charge is 2.12. The van der Waals surface area contributed by atoms with Crippen LogP contribution in [-0.2, 0) is 4.79 Å². The van der Waals surface area contributed by atoms with Crippen molar-refractivity contribution in [1.29, 1.82) is 0 Å². The number of nitrogens with one attached hydrogen (secondary N) is 3. The van der Waals surface area contributed by atoms with Crippen LogP contribution in [0.1, 0.15) is 20.8 Å². The molecular weight excluding hydrogens is 184 g/mol. The second kappa shape index (κ2) is 4.14.